The predicted molar refractivity (Wildman–Crippen MR) is 118 cm³/mol. The van der Waals surface area contributed by atoms with Crippen LogP contribution in [-0.2, 0) is 31.5 Å². The first-order chi connectivity index (χ1) is 14.4. The lowest BCUT2D eigenvalue weighted by Gasteiger charge is -2.22. The molecule has 0 heterocycles. The zero-order valence-corrected chi connectivity index (χ0v) is 19.3. The molecule has 1 rings (SSSR count). The van der Waals surface area contributed by atoms with Gasteiger partial charge in [-0.25, -0.2) is 4.57 Å². The zero-order valence-electron chi connectivity index (χ0n) is 18.4. The topological polar surface area (TPSA) is 96.3 Å². The SMILES string of the molecule is CCc1ccc(CCCCCCCCC(=O)N(CCOC)CCOP(=O)(O)O)cc1. The van der Waals surface area contributed by atoms with Crippen LogP contribution in [0.1, 0.15) is 63.0 Å². The number of phosphoric acid groups is 1. The first kappa shape index (κ1) is 26.8. The number of carbonyl (C=O) groups excluding carboxylic acids is 1. The maximum absolute atomic E-state index is 12.4. The van der Waals surface area contributed by atoms with Crippen LogP contribution in [0, 0.1) is 0 Å². The van der Waals surface area contributed by atoms with Gasteiger partial charge in [-0.2, -0.15) is 0 Å². The van der Waals surface area contributed by atoms with E-state index < -0.39 is 7.82 Å². The number of amides is 1. The van der Waals surface area contributed by atoms with E-state index in [0.717, 1.165) is 32.1 Å². The quantitative estimate of drug-likeness (QED) is 0.278. The van der Waals surface area contributed by atoms with Crippen LogP contribution in [0.25, 0.3) is 0 Å². The van der Waals surface area contributed by atoms with Gasteiger partial charge < -0.3 is 19.4 Å². The maximum Gasteiger partial charge on any atom is 0.469 e. The van der Waals surface area contributed by atoms with E-state index in [4.69, 9.17) is 14.5 Å². The summed E-state index contributed by atoms with van der Waals surface area (Å²) in [5.74, 6) is -0.0307. The first-order valence-electron chi connectivity index (χ1n) is 10.9. The van der Waals surface area contributed by atoms with Gasteiger partial charge in [-0.15, -0.1) is 0 Å². The van der Waals surface area contributed by atoms with Crippen molar-refractivity contribution in [3.63, 3.8) is 0 Å². The van der Waals surface area contributed by atoms with Crippen molar-refractivity contribution in [3.05, 3.63) is 35.4 Å². The summed E-state index contributed by atoms with van der Waals surface area (Å²) in [5, 5.41) is 0. The van der Waals surface area contributed by atoms with Crippen molar-refractivity contribution in [2.75, 3.05) is 33.4 Å². The molecule has 0 saturated carbocycles. The maximum atomic E-state index is 12.4. The fourth-order valence-corrected chi connectivity index (χ4v) is 3.56. The van der Waals surface area contributed by atoms with Gasteiger partial charge in [0.25, 0.3) is 0 Å². The second-order valence-electron chi connectivity index (χ2n) is 7.49. The van der Waals surface area contributed by atoms with Crippen LogP contribution in [0.3, 0.4) is 0 Å². The molecule has 1 aromatic carbocycles. The van der Waals surface area contributed by atoms with E-state index in [1.54, 1.807) is 12.0 Å². The molecule has 0 spiro atoms. The second kappa shape index (κ2) is 15.5. The van der Waals surface area contributed by atoms with Crippen LogP contribution in [-0.4, -0.2) is 54.0 Å². The van der Waals surface area contributed by atoms with Gasteiger partial charge in [-0.3, -0.25) is 9.32 Å². The van der Waals surface area contributed by atoms with Gasteiger partial charge in [0.05, 0.1) is 13.2 Å². The predicted octanol–water partition coefficient (Wildman–Crippen LogP) is 4.11. The van der Waals surface area contributed by atoms with Gasteiger partial charge in [0.15, 0.2) is 0 Å². The van der Waals surface area contributed by atoms with Crippen LogP contribution >= 0.6 is 7.82 Å². The standard InChI is InChI=1S/C22H38NO6P/c1-3-20-12-14-21(15-13-20)10-8-6-4-5-7-9-11-22(24)23(16-18-28-2)17-19-29-30(25,26)27/h12-15H,3-11,16-19H2,1-2H3,(H2,25,26,27). The number of hydrogen-bond acceptors (Lipinski definition) is 4. The molecule has 0 aliphatic rings. The molecule has 0 unspecified atom stereocenters. The van der Waals surface area contributed by atoms with Crippen molar-refractivity contribution in [2.45, 2.75) is 64.7 Å². The first-order valence-corrected chi connectivity index (χ1v) is 12.4. The van der Waals surface area contributed by atoms with Crippen molar-refractivity contribution in [1.82, 2.24) is 4.90 Å². The van der Waals surface area contributed by atoms with Crippen molar-refractivity contribution in [3.8, 4) is 0 Å². The summed E-state index contributed by atoms with van der Waals surface area (Å²) < 4.78 is 20.2. The van der Waals surface area contributed by atoms with Gasteiger partial charge in [0, 0.05) is 26.6 Å². The minimum Gasteiger partial charge on any atom is -0.383 e. The van der Waals surface area contributed by atoms with E-state index in [1.807, 2.05) is 0 Å². The van der Waals surface area contributed by atoms with Gasteiger partial charge >= 0.3 is 7.82 Å². The van der Waals surface area contributed by atoms with Gasteiger partial charge in [0.1, 0.15) is 0 Å². The number of benzene rings is 1. The Bertz CT molecular complexity index is 631. The summed E-state index contributed by atoms with van der Waals surface area (Å²) in [6, 6.07) is 8.87. The number of phosphoric ester groups is 1. The molecule has 1 amide bonds. The van der Waals surface area contributed by atoms with Crippen LogP contribution in [0.4, 0.5) is 0 Å². The monoisotopic (exact) mass is 443 g/mol. The smallest absolute Gasteiger partial charge is 0.383 e. The van der Waals surface area contributed by atoms with Crippen LogP contribution < -0.4 is 0 Å². The average molecular weight is 444 g/mol. The second-order valence-corrected chi connectivity index (χ2v) is 8.73. The Morgan fingerprint density at radius 3 is 2.10 bits per heavy atom. The Balaban J connectivity index is 2.14. The molecule has 0 atom stereocenters. The zero-order chi connectivity index (χ0) is 22.2. The third-order valence-corrected chi connectivity index (χ3v) is 5.59. The third kappa shape index (κ3) is 13.1. The molecule has 0 bridgehead atoms. The van der Waals surface area contributed by atoms with Crippen molar-refractivity contribution < 1.29 is 28.4 Å². The van der Waals surface area contributed by atoms with Gasteiger partial charge in [-0.1, -0.05) is 56.9 Å². The lowest BCUT2D eigenvalue weighted by molar-refractivity contribution is -0.132. The molecule has 1 aromatic rings. The Hall–Kier alpha value is -1.24. The molecule has 8 heteroatoms. The molecular formula is C22H38NO6P. The van der Waals surface area contributed by atoms with Crippen molar-refractivity contribution in [2.24, 2.45) is 0 Å². The summed E-state index contributed by atoms with van der Waals surface area (Å²) in [4.78, 5) is 31.4. The highest BCUT2D eigenvalue weighted by Gasteiger charge is 2.17. The number of methoxy groups -OCH3 is 1. The summed E-state index contributed by atoms with van der Waals surface area (Å²) in [5.41, 5.74) is 2.78. The van der Waals surface area contributed by atoms with Crippen LogP contribution in [0.5, 0.6) is 0 Å². The lowest BCUT2D eigenvalue weighted by Crippen LogP contribution is -2.36. The highest BCUT2D eigenvalue weighted by molar-refractivity contribution is 7.46. The summed E-state index contributed by atoms with van der Waals surface area (Å²) in [7, 11) is -2.96. The number of hydrogen-bond donors (Lipinski definition) is 2. The summed E-state index contributed by atoms with van der Waals surface area (Å²) in [6.07, 6.45) is 9.13. The number of carbonyl (C=O) groups is 1. The molecule has 2 N–H and O–H groups in total. The van der Waals surface area contributed by atoms with Crippen LogP contribution in [0.15, 0.2) is 24.3 Å². The highest BCUT2D eigenvalue weighted by atomic mass is 31.2. The summed E-state index contributed by atoms with van der Waals surface area (Å²) in [6.45, 7) is 2.88. The van der Waals surface area contributed by atoms with Crippen molar-refractivity contribution in [1.29, 1.82) is 0 Å². The number of ether oxygens (including phenoxy) is 1. The summed E-state index contributed by atoms with van der Waals surface area (Å²) >= 11 is 0. The lowest BCUT2D eigenvalue weighted by atomic mass is 10.0. The number of rotatable bonds is 17. The minimum atomic E-state index is -4.51. The fraction of sp³-hybridized carbons (Fsp3) is 0.682. The van der Waals surface area contributed by atoms with E-state index in [9.17, 15) is 9.36 Å². The van der Waals surface area contributed by atoms with Gasteiger partial charge in [0.2, 0.25) is 5.91 Å². The van der Waals surface area contributed by atoms with E-state index in [1.165, 1.54) is 30.4 Å². The Morgan fingerprint density at radius 1 is 0.933 bits per heavy atom. The molecule has 172 valence electrons. The normalized spacial score (nSPS) is 11.6. The van der Waals surface area contributed by atoms with E-state index in [0.29, 0.717) is 19.6 Å². The van der Waals surface area contributed by atoms with Crippen molar-refractivity contribution >= 4 is 13.7 Å². The number of nitrogens with zero attached hydrogens (tertiary/aromatic N) is 1. The van der Waals surface area contributed by atoms with E-state index in [-0.39, 0.29) is 19.1 Å². The molecule has 0 aromatic heterocycles. The number of aryl methyl sites for hydroxylation is 2. The molecule has 0 aliphatic heterocycles. The molecule has 0 fully saturated rings. The Morgan fingerprint density at radius 2 is 1.50 bits per heavy atom. The Labute approximate surface area is 181 Å². The number of unbranched alkanes of at least 4 members (excludes halogenated alkanes) is 5. The van der Waals surface area contributed by atoms with Crippen LogP contribution in [0.2, 0.25) is 0 Å². The minimum absolute atomic E-state index is 0.0307. The molecule has 0 saturated heterocycles. The molecular weight excluding hydrogens is 405 g/mol. The van der Waals surface area contributed by atoms with Gasteiger partial charge in [-0.05, 0) is 36.8 Å². The Kier molecular flexibility index (Phi) is 13.9. The molecule has 7 nitrogen and oxygen atoms in total. The largest absolute Gasteiger partial charge is 0.469 e. The molecule has 0 radical (unpaired) electrons. The molecule has 0 aliphatic carbocycles. The average Bonchev–Trinajstić information content (AvgIpc) is 2.71. The fourth-order valence-electron chi connectivity index (χ4n) is 3.24. The van der Waals surface area contributed by atoms with E-state index >= 15 is 0 Å². The van der Waals surface area contributed by atoms with E-state index in [2.05, 4.69) is 35.7 Å². The third-order valence-electron chi connectivity index (χ3n) is 5.08. The molecule has 30 heavy (non-hydrogen) atoms. The highest BCUT2D eigenvalue weighted by Crippen LogP contribution is 2.35.